The standard InChI is InChI=1S/C29H25N5OS/c1-19(2)20-13-15-23(16-14-20)34-27(31-28(35)24(17-30)29(34)36)25-18-33(22-11-7-4-8-12-22)32-26(25)21-9-5-3-6-10-21/h3-16,18-19,27,36H,1-2H3,(H,31,35). The fourth-order valence-electron chi connectivity index (χ4n) is 4.33. The highest BCUT2D eigenvalue weighted by Crippen LogP contribution is 2.39. The van der Waals surface area contributed by atoms with Gasteiger partial charge >= 0.3 is 0 Å². The van der Waals surface area contributed by atoms with Crippen molar-refractivity contribution < 1.29 is 4.79 Å². The van der Waals surface area contributed by atoms with Crippen molar-refractivity contribution in [2.75, 3.05) is 4.90 Å². The lowest BCUT2D eigenvalue weighted by molar-refractivity contribution is -0.118. The second kappa shape index (κ2) is 9.76. The average molecular weight is 492 g/mol. The van der Waals surface area contributed by atoms with Gasteiger partial charge in [0.1, 0.15) is 17.8 Å². The Kier molecular flexibility index (Phi) is 6.36. The van der Waals surface area contributed by atoms with E-state index in [-0.39, 0.29) is 5.57 Å². The van der Waals surface area contributed by atoms with Crippen LogP contribution in [0.15, 0.2) is 102 Å². The summed E-state index contributed by atoms with van der Waals surface area (Å²) in [7, 11) is 0. The van der Waals surface area contributed by atoms with Crippen molar-refractivity contribution in [3.05, 3.63) is 113 Å². The Bertz CT molecular complexity index is 1470. The number of nitrogens with zero attached hydrogens (tertiary/aromatic N) is 4. The van der Waals surface area contributed by atoms with Crippen LogP contribution in [0.1, 0.15) is 37.1 Å². The number of benzene rings is 3. The van der Waals surface area contributed by atoms with E-state index in [4.69, 9.17) is 5.10 Å². The first kappa shape index (κ1) is 23.5. The summed E-state index contributed by atoms with van der Waals surface area (Å²) in [6.45, 7) is 4.28. The van der Waals surface area contributed by atoms with E-state index in [0.717, 1.165) is 28.2 Å². The molecule has 1 atom stereocenters. The van der Waals surface area contributed by atoms with Crippen LogP contribution in [0.2, 0.25) is 0 Å². The van der Waals surface area contributed by atoms with E-state index >= 15 is 0 Å². The number of aromatic nitrogens is 2. The normalized spacial score (nSPS) is 15.7. The molecule has 36 heavy (non-hydrogen) atoms. The van der Waals surface area contributed by atoms with Gasteiger partial charge in [-0.3, -0.25) is 4.79 Å². The van der Waals surface area contributed by atoms with Crippen LogP contribution >= 0.6 is 12.6 Å². The lowest BCUT2D eigenvalue weighted by atomic mass is 10.0. The van der Waals surface area contributed by atoms with Crippen molar-refractivity contribution in [2.45, 2.75) is 25.9 Å². The van der Waals surface area contributed by atoms with Crippen molar-refractivity contribution in [3.63, 3.8) is 0 Å². The molecular weight excluding hydrogens is 466 g/mol. The maximum Gasteiger partial charge on any atom is 0.266 e. The summed E-state index contributed by atoms with van der Waals surface area (Å²) in [6.07, 6.45) is 1.30. The molecule has 0 saturated carbocycles. The van der Waals surface area contributed by atoms with Crippen LogP contribution in [0, 0.1) is 11.3 Å². The summed E-state index contributed by atoms with van der Waals surface area (Å²) in [4.78, 5) is 14.9. The van der Waals surface area contributed by atoms with Crippen molar-refractivity contribution >= 4 is 24.2 Å². The van der Waals surface area contributed by atoms with Crippen LogP contribution in [0.4, 0.5) is 5.69 Å². The minimum Gasteiger partial charge on any atom is -0.327 e. The molecule has 1 N–H and O–H groups in total. The molecule has 1 aromatic heterocycles. The summed E-state index contributed by atoms with van der Waals surface area (Å²) in [5, 5.41) is 17.9. The molecule has 0 aliphatic carbocycles. The van der Waals surface area contributed by atoms with Crippen molar-refractivity contribution in [2.24, 2.45) is 0 Å². The Morgan fingerprint density at radius 2 is 1.58 bits per heavy atom. The molecule has 2 heterocycles. The number of anilines is 1. The smallest absolute Gasteiger partial charge is 0.266 e. The zero-order chi connectivity index (χ0) is 25.2. The lowest BCUT2D eigenvalue weighted by Gasteiger charge is -2.37. The van der Waals surface area contributed by atoms with Gasteiger partial charge in [-0.2, -0.15) is 10.4 Å². The summed E-state index contributed by atoms with van der Waals surface area (Å²) < 4.78 is 1.81. The molecule has 1 aliphatic rings. The molecule has 0 saturated heterocycles. The van der Waals surface area contributed by atoms with Gasteiger partial charge in [0.05, 0.1) is 16.4 Å². The van der Waals surface area contributed by atoms with E-state index in [2.05, 4.69) is 43.9 Å². The Hall–Kier alpha value is -4.28. The lowest BCUT2D eigenvalue weighted by Crippen LogP contribution is -2.46. The minimum atomic E-state index is -0.625. The third kappa shape index (κ3) is 4.28. The Balaban J connectivity index is 1.70. The van der Waals surface area contributed by atoms with Gasteiger partial charge in [0.2, 0.25) is 0 Å². The first-order valence-electron chi connectivity index (χ1n) is 11.7. The van der Waals surface area contributed by atoms with Crippen molar-refractivity contribution in [3.8, 4) is 23.0 Å². The van der Waals surface area contributed by atoms with E-state index in [0.29, 0.717) is 10.9 Å². The van der Waals surface area contributed by atoms with Crippen LogP contribution in [-0.2, 0) is 4.79 Å². The van der Waals surface area contributed by atoms with Gasteiger partial charge in [-0.1, -0.05) is 74.5 Å². The first-order chi connectivity index (χ1) is 17.5. The Labute approximate surface area is 215 Å². The second-order valence-corrected chi connectivity index (χ2v) is 9.31. The molecule has 6 nitrogen and oxygen atoms in total. The van der Waals surface area contributed by atoms with Gasteiger partial charge in [0.25, 0.3) is 5.91 Å². The molecule has 0 fully saturated rings. The summed E-state index contributed by atoms with van der Waals surface area (Å²) in [6, 6.07) is 29.8. The van der Waals surface area contributed by atoms with Gasteiger partial charge < -0.3 is 10.2 Å². The Morgan fingerprint density at radius 1 is 0.944 bits per heavy atom. The van der Waals surface area contributed by atoms with Gasteiger partial charge in [-0.15, -0.1) is 12.6 Å². The molecule has 1 unspecified atom stereocenters. The molecular formula is C29H25N5OS. The van der Waals surface area contributed by atoms with Gasteiger partial charge in [-0.05, 0) is 35.7 Å². The zero-order valence-electron chi connectivity index (χ0n) is 20.0. The SMILES string of the molecule is CC(C)c1ccc(N2C(S)=C(C#N)C(=O)NC2c2cn(-c3ccccc3)nc2-c2ccccc2)cc1. The van der Waals surface area contributed by atoms with Crippen molar-refractivity contribution in [1.82, 2.24) is 15.1 Å². The number of hydrogen-bond donors (Lipinski definition) is 2. The number of nitriles is 1. The van der Waals surface area contributed by atoms with Crippen LogP contribution in [0.3, 0.4) is 0 Å². The number of amides is 1. The number of carbonyl (C=O) groups excluding carboxylic acids is 1. The van der Waals surface area contributed by atoms with Gasteiger partial charge in [0.15, 0.2) is 0 Å². The molecule has 0 bridgehead atoms. The van der Waals surface area contributed by atoms with E-state index < -0.39 is 12.1 Å². The second-order valence-electron chi connectivity index (χ2n) is 8.88. The van der Waals surface area contributed by atoms with Crippen LogP contribution in [0.25, 0.3) is 16.9 Å². The third-order valence-corrected chi connectivity index (χ3v) is 6.70. The monoisotopic (exact) mass is 491 g/mol. The molecule has 1 aliphatic heterocycles. The molecule has 0 radical (unpaired) electrons. The topological polar surface area (TPSA) is 74.0 Å². The predicted octanol–water partition coefficient (Wildman–Crippen LogP) is 5.96. The van der Waals surface area contributed by atoms with E-state index in [1.807, 2.05) is 94.6 Å². The average Bonchev–Trinajstić information content (AvgIpc) is 3.35. The summed E-state index contributed by atoms with van der Waals surface area (Å²) >= 11 is 4.67. The van der Waals surface area contributed by atoms with Crippen LogP contribution < -0.4 is 10.2 Å². The summed E-state index contributed by atoms with van der Waals surface area (Å²) in [5.74, 6) is -0.0839. The molecule has 3 aromatic carbocycles. The quantitative estimate of drug-likeness (QED) is 0.338. The Morgan fingerprint density at radius 3 is 2.19 bits per heavy atom. The highest BCUT2D eigenvalue weighted by atomic mass is 32.1. The fraction of sp³-hybridized carbons (Fsp3) is 0.138. The highest BCUT2D eigenvalue weighted by Gasteiger charge is 2.36. The number of thiol groups is 1. The first-order valence-corrected chi connectivity index (χ1v) is 12.2. The maximum atomic E-state index is 13.0. The predicted molar refractivity (Wildman–Crippen MR) is 145 cm³/mol. The molecule has 5 rings (SSSR count). The molecule has 178 valence electrons. The van der Waals surface area contributed by atoms with Crippen LogP contribution in [0.5, 0.6) is 0 Å². The number of rotatable bonds is 5. The van der Waals surface area contributed by atoms with Gasteiger partial charge in [0, 0.05) is 23.0 Å². The number of carbonyl (C=O) groups is 1. The van der Waals surface area contributed by atoms with E-state index in [9.17, 15) is 10.1 Å². The van der Waals surface area contributed by atoms with E-state index in [1.165, 1.54) is 5.56 Å². The van der Waals surface area contributed by atoms with Crippen molar-refractivity contribution in [1.29, 1.82) is 5.26 Å². The van der Waals surface area contributed by atoms with Crippen LogP contribution in [-0.4, -0.2) is 15.7 Å². The number of para-hydroxylation sites is 1. The number of nitrogens with one attached hydrogen (secondary N) is 1. The molecule has 1 amide bonds. The van der Waals surface area contributed by atoms with E-state index in [1.54, 1.807) is 0 Å². The third-order valence-electron chi connectivity index (χ3n) is 6.26. The maximum absolute atomic E-state index is 13.0. The fourth-order valence-corrected chi connectivity index (χ4v) is 4.72. The van der Waals surface area contributed by atoms with Gasteiger partial charge in [-0.25, -0.2) is 4.68 Å². The highest BCUT2D eigenvalue weighted by molar-refractivity contribution is 7.84. The zero-order valence-corrected chi connectivity index (χ0v) is 20.9. The largest absolute Gasteiger partial charge is 0.327 e. The molecule has 0 spiro atoms. The minimum absolute atomic E-state index is 0.0285. The number of hydrogen-bond acceptors (Lipinski definition) is 5. The summed E-state index contributed by atoms with van der Waals surface area (Å²) in [5.41, 5.74) is 5.32. The molecule has 4 aromatic rings. The molecule has 7 heteroatoms.